The molecule has 2 fully saturated rings. The lowest BCUT2D eigenvalue weighted by Gasteiger charge is -2.31. The Hall–Kier alpha value is -3.37. The zero-order chi connectivity index (χ0) is 26.6. The SMILES string of the molecule is Cc1ccc(N2C(=O)C3Sc4c(sc(=O)n4CC(=O)N4CCCCC4)[C@@H](c4ccc(O)cc4)C3C2=O)cc1. The van der Waals surface area contributed by atoms with Crippen LogP contribution in [0.4, 0.5) is 5.69 Å². The molecule has 2 aromatic carbocycles. The number of benzene rings is 2. The molecule has 2 saturated heterocycles. The van der Waals surface area contributed by atoms with Gasteiger partial charge in [0.05, 0.1) is 16.6 Å². The van der Waals surface area contributed by atoms with Crippen molar-refractivity contribution in [2.24, 2.45) is 5.92 Å². The molecule has 0 spiro atoms. The number of aryl methyl sites for hydroxylation is 1. The number of carbonyl (C=O) groups is 3. The second-order valence-electron chi connectivity index (χ2n) is 10.0. The van der Waals surface area contributed by atoms with Gasteiger partial charge in [0.2, 0.25) is 17.7 Å². The van der Waals surface area contributed by atoms with E-state index in [-0.39, 0.29) is 34.9 Å². The monoisotopic (exact) mass is 549 g/mol. The highest BCUT2D eigenvalue weighted by Crippen LogP contribution is 2.54. The van der Waals surface area contributed by atoms with Crippen molar-refractivity contribution in [3.8, 4) is 5.75 Å². The summed E-state index contributed by atoms with van der Waals surface area (Å²) in [6.45, 7) is 3.23. The molecule has 3 amide bonds. The van der Waals surface area contributed by atoms with E-state index in [1.165, 1.54) is 21.2 Å². The number of thiazole rings is 1. The van der Waals surface area contributed by atoms with Crippen LogP contribution < -0.4 is 9.77 Å². The Morgan fingerprint density at radius 1 is 0.947 bits per heavy atom. The van der Waals surface area contributed by atoms with Crippen LogP contribution in [0.15, 0.2) is 58.4 Å². The number of aromatic nitrogens is 1. The molecule has 1 aromatic heterocycles. The third-order valence-electron chi connectivity index (χ3n) is 7.60. The van der Waals surface area contributed by atoms with Crippen molar-refractivity contribution in [1.29, 1.82) is 0 Å². The number of carbonyl (C=O) groups excluding carboxylic acids is 3. The summed E-state index contributed by atoms with van der Waals surface area (Å²) >= 11 is 2.25. The van der Waals surface area contributed by atoms with E-state index in [0.717, 1.165) is 41.7 Å². The molecule has 38 heavy (non-hydrogen) atoms. The van der Waals surface area contributed by atoms with Crippen molar-refractivity contribution in [1.82, 2.24) is 9.47 Å². The van der Waals surface area contributed by atoms with E-state index in [1.54, 1.807) is 41.3 Å². The number of phenolic OH excluding ortho intramolecular Hbond substituents is 1. The summed E-state index contributed by atoms with van der Waals surface area (Å²) in [4.78, 5) is 57.4. The van der Waals surface area contributed by atoms with Crippen molar-refractivity contribution >= 4 is 46.5 Å². The lowest BCUT2D eigenvalue weighted by atomic mass is 9.83. The Morgan fingerprint density at radius 2 is 1.63 bits per heavy atom. The molecule has 0 saturated carbocycles. The maximum Gasteiger partial charge on any atom is 0.308 e. The predicted octanol–water partition coefficient (Wildman–Crippen LogP) is 3.73. The number of imide groups is 1. The van der Waals surface area contributed by atoms with Gasteiger partial charge in [0, 0.05) is 23.9 Å². The van der Waals surface area contributed by atoms with Crippen LogP contribution in [0.2, 0.25) is 0 Å². The van der Waals surface area contributed by atoms with Gasteiger partial charge in [0.25, 0.3) is 0 Å². The van der Waals surface area contributed by atoms with Crippen molar-refractivity contribution in [3.63, 3.8) is 0 Å². The Bertz CT molecular complexity index is 1470. The minimum Gasteiger partial charge on any atom is -0.508 e. The van der Waals surface area contributed by atoms with Crippen LogP contribution in [0.3, 0.4) is 0 Å². The first kappa shape index (κ1) is 24.9. The number of rotatable bonds is 4. The minimum atomic E-state index is -0.736. The summed E-state index contributed by atoms with van der Waals surface area (Å²) in [5, 5.41) is 9.73. The zero-order valence-corrected chi connectivity index (χ0v) is 22.5. The van der Waals surface area contributed by atoms with Crippen molar-refractivity contribution in [3.05, 3.63) is 74.2 Å². The molecular formula is C28H27N3O5S2. The highest BCUT2D eigenvalue weighted by molar-refractivity contribution is 8.00. The van der Waals surface area contributed by atoms with Crippen LogP contribution in [-0.4, -0.2) is 50.6 Å². The van der Waals surface area contributed by atoms with E-state index in [9.17, 15) is 24.3 Å². The number of nitrogens with zero attached hydrogens (tertiary/aromatic N) is 3. The number of hydrogen-bond acceptors (Lipinski definition) is 7. The Labute approximate surface area is 227 Å². The van der Waals surface area contributed by atoms with Gasteiger partial charge >= 0.3 is 4.87 Å². The van der Waals surface area contributed by atoms with E-state index < -0.39 is 17.1 Å². The molecule has 3 aliphatic rings. The van der Waals surface area contributed by atoms with E-state index in [1.807, 2.05) is 19.1 Å². The molecule has 4 heterocycles. The van der Waals surface area contributed by atoms with E-state index in [2.05, 4.69) is 0 Å². The predicted molar refractivity (Wildman–Crippen MR) is 146 cm³/mol. The fourth-order valence-corrected chi connectivity index (χ4v) is 8.40. The topological polar surface area (TPSA) is 99.9 Å². The van der Waals surface area contributed by atoms with E-state index >= 15 is 0 Å². The average Bonchev–Trinajstić information content (AvgIpc) is 3.36. The van der Waals surface area contributed by atoms with Crippen LogP contribution in [0.5, 0.6) is 5.75 Å². The molecule has 3 aromatic rings. The molecule has 2 unspecified atom stereocenters. The van der Waals surface area contributed by atoms with Gasteiger partial charge in [0.1, 0.15) is 17.5 Å². The third kappa shape index (κ3) is 4.16. The first-order chi connectivity index (χ1) is 18.3. The number of phenols is 1. The molecule has 6 rings (SSSR count). The quantitative estimate of drug-likeness (QED) is 0.498. The molecule has 10 heteroatoms. The molecule has 3 aliphatic heterocycles. The second-order valence-corrected chi connectivity index (χ2v) is 12.2. The van der Waals surface area contributed by atoms with Gasteiger partial charge in [-0.05, 0) is 56.0 Å². The molecule has 3 atom stereocenters. The van der Waals surface area contributed by atoms with Gasteiger partial charge in [0.15, 0.2) is 0 Å². The second kappa shape index (κ2) is 9.74. The molecule has 196 valence electrons. The summed E-state index contributed by atoms with van der Waals surface area (Å²) in [6.07, 6.45) is 3.00. The third-order valence-corrected chi connectivity index (χ3v) is 10.2. The fourth-order valence-electron chi connectivity index (χ4n) is 5.62. The number of aromatic hydroxyl groups is 1. The van der Waals surface area contributed by atoms with E-state index in [4.69, 9.17) is 0 Å². The minimum absolute atomic E-state index is 0.0822. The van der Waals surface area contributed by atoms with Crippen LogP contribution in [-0.2, 0) is 20.9 Å². The molecule has 0 radical (unpaired) electrons. The number of amides is 3. The number of piperidine rings is 1. The molecular weight excluding hydrogens is 522 g/mol. The normalized spacial score (nSPS) is 22.9. The van der Waals surface area contributed by atoms with E-state index in [0.29, 0.717) is 28.7 Å². The first-order valence-electron chi connectivity index (χ1n) is 12.7. The van der Waals surface area contributed by atoms with Crippen LogP contribution in [0.25, 0.3) is 0 Å². The lowest BCUT2D eigenvalue weighted by Crippen LogP contribution is -2.39. The number of thioether (sulfide) groups is 1. The first-order valence-corrected chi connectivity index (χ1v) is 14.4. The van der Waals surface area contributed by atoms with Crippen molar-refractivity contribution in [2.75, 3.05) is 18.0 Å². The lowest BCUT2D eigenvalue weighted by molar-refractivity contribution is -0.133. The summed E-state index contributed by atoms with van der Waals surface area (Å²) in [5.74, 6) is -1.91. The molecule has 0 bridgehead atoms. The smallest absolute Gasteiger partial charge is 0.308 e. The van der Waals surface area contributed by atoms with Crippen molar-refractivity contribution < 1.29 is 19.5 Å². The summed E-state index contributed by atoms with van der Waals surface area (Å²) in [5.41, 5.74) is 2.28. The maximum atomic E-state index is 13.9. The largest absolute Gasteiger partial charge is 0.508 e. The van der Waals surface area contributed by atoms with Gasteiger partial charge in [-0.1, -0.05) is 52.9 Å². The fraction of sp³-hybridized carbons (Fsp3) is 0.357. The Morgan fingerprint density at radius 3 is 2.32 bits per heavy atom. The van der Waals surface area contributed by atoms with Crippen LogP contribution in [0, 0.1) is 12.8 Å². The zero-order valence-electron chi connectivity index (χ0n) is 20.8. The van der Waals surface area contributed by atoms with Gasteiger partial charge < -0.3 is 10.0 Å². The number of fused-ring (bicyclic) bond motifs is 2. The molecule has 8 nitrogen and oxygen atoms in total. The Balaban J connectivity index is 1.43. The van der Waals surface area contributed by atoms with Gasteiger partial charge in [-0.2, -0.15) is 0 Å². The highest BCUT2D eigenvalue weighted by atomic mass is 32.2. The molecule has 1 N–H and O–H groups in total. The number of likely N-dealkylation sites (tertiary alicyclic amines) is 1. The van der Waals surface area contributed by atoms with Gasteiger partial charge in [-0.15, -0.1) is 0 Å². The van der Waals surface area contributed by atoms with Crippen LogP contribution in [0.1, 0.15) is 41.2 Å². The Kier molecular flexibility index (Phi) is 6.39. The number of anilines is 1. The average molecular weight is 550 g/mol. The highest BCUT2D eigenvalue weighted by Gasteiger charge is 2.56. The molecule has 0 aliphatic carbocycles. The number of hydrogen-bond donors (Lipinski definition) is 1. The van der Waals surface area contributed by atoms with Gasteiger partial charge in [-0.25, -0.2) is 4.90 Å². The van der Waals surface area contributed by atoms with Gasteiger partial charge in [-0.3, -0.25) is 23.7 Å². The van der Waals surface area contributed by atoms with Crippen molar-refractivity contribution in [2.45, 2.75) is 48.9 Å². The summed E-state index contributed by atoms with van der Waals surface area (Å²) in [7, 11) is 0. The standard InChI is InChI=1S/C28H27N3O5S2/c1-16-5-9-18(10-6-16)31-25(34)22-21(17-7-11-19(32)12-8-17)24-27(37-23(22)26(31)35)30(28(36)38-24)15-20(33)29-13-3-2-4-14-29/h5-12,21-23,32H,2-4,13-15H2,1H3/t21-,22?,23?/m0/s1. The summed E-state index contributed by atoms with van der Waals surface area (Å²) in [6, 6.07) is 13.8. The summed E-state index contributed by atoms with van der Waals surface area (Å²) < 4.78 is 1.48. The van der Waals surface area contributed by atoms with Crippen LogP contribution >= 0.6 is 23.1 Å². The maximum absolute atomic E-state index is 13.9.